The zero-order chi connectivity index (χ0) is 24.9. The third-order valence-corrected chi connectivity index (χ3v) is 6.09. The normalized spacial score (nSPS) is 21.3. The van der Waals surface area contributed by atoms with Crippen LogP contribution in [0.15, 0.2) is 59.5 Å². The first-order chi connectivity index (χ1) is 16.9. The lowest BCUT2D eigenvalue weighted by atomic mass is 9.82. The van der Waals surface area contributed by atoms with Crippen LogP contribution >= 0.6 is 0 Å². The molecule has 35 heavy (non-hydrogen) atoms. The second-order valence-electron chi connectivity index (χ2n) is 7.92. The van der Waals surface area contributed by atoms with E-state index in [1.54, 1.807) is 42.6 Å². The lowest BCUT2D eigenvalue weighted by Gasteiger charge is -2.45. The van der Waals surface area contributed by atoms with E-state index in [0.717, 1.165) is 5.57 Å². The Balaban J connectivity index is 1.97. The number of rotatable bonds is 2. The highest BCUT2D eigenvalue weighted by Gasteiger charge is 2.59. The number of aromatic nitrogens is 2. The topological polar surface area (TPSA) is 138 Å². The van der Waals surface area contributed by atoms with Crippen molar-refractivity contribution in [2.24, 2.45) is 0 Å². The van der Waals surface area contributed by atoms with Gasteiger partial charge in [-0.1, -0.05) is 24.3 Å². The van der Waals surface area contributed by atoms with Gasteiger partial charge in [0.15, 0.2) is 23.2 Å². The Morgan fingerprint density at radius 1 is 1.09 bits per heavy atom. The van der Waals surface area contributed by atoms with Crippen molar-refractivity contribution >= 4 is 11.9 Å². The summed E-state index contributed by atoms with van der Waals surface area (Å²) in [4.78, 5) is 36.9. The van der Waals surface area contributed by atoms with Gasteiger partial charge in [0.25, 0.3) is 0 Å². The number of esters is 2. The molecule has 0 saturated heterocycles. The Bertz CT molecular complexity index is 1490. The molecule has 1 spiro atoms. The van der Waals surface area contributed by atoms with Crippen LogP contribution in [0.4, 0.5) is 0 Å². The minimum atomic E-state index is -1.77. The lowest BCUT2D eigenvalue weighted by Crippen LogP contribution is -2.52. The molecule has 2 aliphatic heterocycles. The van der Waals surface area contributed by atoms with Crippen LogP contribution in [-0.2, 0) is 29.4 Å². The molecule has 3 heterocycles. The number of benzene rings is 1. The van der Waals surface area contributed by atoms with Gasteiger partial charge in [-0.25, -0.2) is 19.6 Å². The average molecular weight is 467 g/mol. The first-order valence-electron chi connectivity index (χ1n) is 10.5. The molecule has 0 amide bonds. The van der Waals surface area contributed by atoms with Crippen molar-refractivity contribution in [3.05, 3.63) is 82.1 Å². The number of carbonyl (C=O) groups is 2. The highest BCUT2D eigenvalue weighted by Crippen LogP contribution is 2.56. The highest BCUT2D eigenvalue weighted by atomic mass is 16.6. The van der Waals surface area contributed by atoms with E-state index >= 15 is 0 Å². The summed E-state index contributed by atoms with van der Waals surface area (Å²) in [6, 6.07) is 10.7. The number of allylic oxidation sites excluding steroid dienone is 2. The third kappa shape index (κ3) is 2.91. The summed E-state index contributed by atoms with van der Waals surface area (Å²) in [6.07, 6.45) is 4.33. The van der Waals surface area contributed by atoms with Gasteiger partial charge in [0, 0.05) is 17.3 Å². The van der Waals surface area contributed by atoms with Gasteiger partial charge in [-0.3, -0.25) is 0 Å². The Labute approximate surface area is 200 Å². The number of carbonyl (C=O) groups excluding carboxylic acids is 2. The summed E-state index contributed by atoms with van der Waals surface area (Å²) >= 11 is 0. The Morgan fingerprint density at radius 2 is 1.77 bits per heavy atom. The molecule has 0 saturated carbocycles. The van der Waals surface area contributed by atoms with Crippen LogP contribution in [0.1, 0.15) is 29.6 Å². The summed E-state index contributed by atoms with van der Waals surface area (Å²) in [5.41, 5.74) is -0.179. The van der Waals surface area contributed by atoms with E-state index in [-0.39, 0.29) is 34.0 Å². The van der Waals surface area contributed by atoms with Crippen LogP contribution in [0.25, 0.3) is 11.3 Å². The summed E-state index contributed by atoms with van der Waals surface area (Å²) in [7, 11) is 2.40. The highest BCUT2D eigenvalue weighted by molar-refractivity contribution is 6.04. The van der Waals surface area contributed by atoms with E-state index in [1.807, 2.05) is 19.1 Å². The Morgan fingerprint density at radius 3 is 2.46 bits per heavy atom. The smallest absolute Gasteiger partial charge is 0.355 e. The molecule has 0 radical (unpaired) electrons. The SMILES string of the molecule is COC(=O)C1=C(C(=O)OC)C2(OC3C=C(C)C=CN13)c1ccccc1-c1nc(C#N)c(C#N)nc12. The van der Waals surface area contributed by atoms with E-state index < -0.39 is 23.8 Å². The van der Waals surface area contributed by atoms with Crippen molar-refractivity contribution in [3.8, 4) is 23.4 Å². The van der Waals surface area contributed by atoms with E-state index in [4.69, 9.17) is 14.2 Å². The number of hydrogen-bond donors (Lipinski definition) is 0. The third-order valence-electron chi connectivity index (χ3n) is 6.09. The maximum atomic E-state index is 13.4. The second-order valence-corrected chi connectivity index (χ2v) is 7.92. The van der Waals surface area contributed by atoms with E-state index in [0.29, 0.717) is 11.1 Å². The number of ether oxygens (including phenoxy) is 3. The molecule has 0 N–H and O–H groups in total. The Hall–Kier alpha value is -4.80. The van der Waals surface area contributed by atoms with Gasteiger partial charge < -0.3 is 19.1 Å². The van der Waals surface area contributed by atoms with Gasteiger partial charge in [-0.15, -0.1) is 0 Å². The molecule has 2 aromatic rings. The number of methoxy groups -OCH3 is 2. The van der Waals surface area contributed by atoms with Crippen LogP contribution in [-0.4, -0.2) is 47.3 Å². The van der Waals surface area contributed by atoms with Crippen molar-refractivity contribution in [2.75, 3.05) is 14.2 Å². The lowest BCUT2D eigenvalue weighted by molar-refractivity contribution is -0.154. The molecule has 2 unspecified atom stereocenters. The Kier molecular flexibility index (Phi) is 4.97. The van der Waals surface area contributed by atoms with Gasteiger partial charge in [0.2, 0.25) is 0 Å². The van der Waals surface area contributed by atoms with Gasteiger partial charge in [-0.05, 0) is 24.6 Å². The van der Waals surface area contributed by atoms with Gasteiger partial charge in [0.1, 0.15) is 29.1 Å². The molecule has 5 rings (SSSR count). The van der Waals surface area contributed by atoms with Crippen LogP contribution in [0.3, 0.4) is 0 Å². The second kappa shape index (κ2) is 7.90. The first kappa shape index (κ1) is 22.0. The molecule has 1 aromatic carbocycles. The van der Waals surface area contributed by atoms with Crippen molar-refractivity contribution in [3.63, 3.8) is 0 Å². The zero-order valence-corrected chi connectivity index (χ0v) is 18.9. The molecule has 10 heteroatoms. The predicted molar refractivity (Wildman–Crippen MR) is 118 cm³/mol. The fraction of sp³-hybridized carbons (Fsp3) is 0.200. The molecule has 0 fully saturated rings. The molecule has 2 atom stereocenters. The van der Waals surface area contributed by atoms with Crippen molar-refractivity contribution in [1.29, 1.82) is 10.5 Å². The summed E-state index contributed by atoms with van der Waals surface area (Å²) in [5.74, 6) is -1.64. The van der Waals surface area contributed by atoms with Crippen LogP contribution in [0.5, 0.6) is 0 Å². The minimum Gasteiger partial charge on any atom is -0.465 e. The molecule has 10 nitrogen and oxygen atoms in total. The summed E-state index contributed by atoms with van der Waals surface area (Å²) < 4.78 is 16.8. The average Bonchev–Trinajstić information content (AvgIpc) is 3.14. The molecular weight excluding hydrogens is 450 g/mol. The number of fused-ring (bicyclic) bond motifs is 6. The number of nitriles is 2. The standard InChI is InChI=1S/C25H17N5O5/c1-13-8-9-30-18(10-13)35-25(19(23(31)33-2)21(30)24(32)34-3)15-7-5-4-6-14(15)20-22(25)29-17(12-27)16(11-26)28-20/h4-10,18H,1-3H3. The van der Waals surface area contributed by atoms with E-state index in [2.05, 4.69) is 9.97 Å². The molecule has 0 bridgehead atoms. The minimum absolute atomic E-state index is 0.0945. The quantitative estimate of drug-likeness (QED) is 0.604. The maximum absolute atomic E-state index is 13.4. The molecular formula is C25H17N5O5. The fourth-order valence-corrected chi connectivity index (χ4v) is 4.64. The van der Waals surface area contributed by atoms with Crippen molar-refractivity contribution < 1.29 is 23.8 Å². The van der Waals surface area contributed by atoms with Gasteiger partial charge >= 0.3 is 11.9 Å². The van der Waals surface area contributed by atoms with Crippen LogP contribution in [0.2, 0.25) is 0 Å². The van der Waals surface area contributed by atoms with Gasteiger partial charge in [-0.2, -0.15) is 10.5 Å². The molecule has 3 aliphatic rings. The predicted octanol–water partition coefficient (Wildman–Crippen LogP) is 2.18. The van der Waals surface area contributed by atoms with Crippen LogP contribution < -0.4 is 0 Å². The van der Waals surface area contributed by atoms with Crippen LogP contribution in [0, 0.1) is 22.7 Å². The maximum Gasteiger partial charge on any atom is 0.355 e. The van der Waals surface area contributed by atoms with Gasteiger partial charge in [0.05, 0.1) is 19.9 Å². The first-order valence-corrected chi connectivity index (χ1v) is 10.5. The molecule has 172 valence electrons. The monoisotopic (exact) mass is 467 g/mol. The summed E-state index contributed by atoms with van der Waals surface area (Å²) in [6.45, 7) is 1.87. The van der Waals surface area contributed by atoms with Crippen molar-refractivity contribution in [1.82, 2.24) is 14.9 Å². The molecule has 1 aromatic heterocycles. The summed E-state index contributed by atoms with van der Waals surface area (Å²) in [5, 5.41) is 19.2. The largest absolute Gasteiger partial charge is 0.465 e. The number of nitrogens with zero attached hydrogens (tertiary/aromatic N) is 5. The number of hydrogen-bond acceptors (Lipinski definition) is 10. The van der Waals surface area contributed by atoms with Crippen molar-refractivity contribution in [2.45, 2.75) is 18.8 Å². The fourth-order valence-electron chi connectivity index (χ4n) is 4.64. The zero-order valence-electron chi connectivity index (χ0n) is 18.9. The van der Waals surface area contributed by atoms with E-state index in [1.165, 1.54) is 19.1 Å². The molecule has 1 aliphatic carbocycles. The van der Waals surface area contributed by atoms with E-state index in [9.17, 15) is 20.1 Å².